The molecular formula is C13H27NO3. The highest BCUT2D eigenvalue weighted by molar-refractivity contribution is 4.87. The van der Waals surface area contributed by atoms with Crippen LogP contribution in [0.3, 0.4) is 0 Å². The molecule has 0 radical (unpaired) electrons. The van der Waals surface area contributed by atoms with Gasteiger partial charge >= 0.3 is 0 Å². The molecule has 0 aromatic rings. The first kappa shape index (κ1) is 14.9. The van der Waals surface area contributed by atoms with Gasteiger partial charge in [0.1, 0.15) is 6.10 Å². The van der Waals surface area contributed by atoms with E-state index in [9.17, 15) is 0 Å². The van der Waals surface area contributed by atoms with E-state index in [0.29, 0.717) is 6.04 Å². The summed E-state index contributed by atoms with van der Waals surface area (Å²) in [4.78, 5) is 2.19. The van der Waals surface area contributed by atoms with Crippen LogP contribution in [0, 0.1) is 0 Å². The number of hydrogen-bond acceptors (Lipinski definition) is 4. The van der Waals surface area contributed by atoms with Crippen LogP contribution >= 0.6 is 0 Å². The van der Waals surface area contributed by atoms with Crippen molar-refractivity contribution in [2.45, 2.75) is 64.3 Å². The van der Waals surface area contributed by atoms with Gasteiger partial charge in [-0.05, 0) is 48.2 Å². The van der Waals surface area contributed by atoms with Crippen molar-refractivity contribution in [3.05, 3.63) is 0 Å². The Labute approximate surface area is 105 Å². The van der Waals surface area contributed by atoms with Crippen molar-refractivity contribution in [2.24, 2.45) is 0 Å². The van der Waals surface area contributed by atoms with Gasteiger partial charge in [-0.25, -0.2) is 0 Å². The fourth-order valence-corrected chi connectivity index (χ4v) is 2.23. The fraction of sp³-hybridized carbons (Fsp3) is 1.00. The largest absolute Gasteiger partial charge is 0.375 e. The number of likely N-dealkylation sites (N-methyl/N-ethyl adjacent to an activating group) is 1. The highest BCUT2D eigenvalue weighted by Crippen LogP contribution is 2.28. The van der Waals surface area contributed by atoms with Gasteiger partial charge in [0.05, 0.1) is 11.7 Å². The van der Waals surface area contributed by atoms with Crippen molar-refractivity contribution >= 4 is 0 Å². The minimum absolute atomic E-state index is 0.0413. The van der Waals surface area contributed by atoms with Crippen molar-refractivity contribution in [3.8, 4) is 0 Å². The van der Waals surface area contributed by atoms with Gasteiger partial charge in [0.25, 0.3) is 0 Å². The zero-order chi connectivity index (χ0) is 13.2. The number of ether oxygens (including phenoxy) is 3. The molecule has 1 aliphatic heterocycles. The fourth-order valence-electron chi connectivity index (χ4n) is 2.23. The zero-order valence-electron chi connectivity index (χ0n) is 12.2. The lowest BCUT2D eigenvalue weighted by Gasteiger charge is -2.44. The second-order valence-corrected chi connectivity index (χ2v) is 6.01. The average Bonchev–Trinajstić information content (AvgIpc) is 2.14. The minimum Gasteiger partial charge on any atom is -0.375 e. The van der Waals surface area contributed by atoms with Gasteiger partial charge in [-0.1, -0.05) is 0 Å². The van der Waals surface area contributed by atoms with Gasteiger partial charge in [-0.3, -0.25) is 0 Å². The average molecular weight is 245 g/mol. The highest BCUT2D eigenvalue weighted by Gasteiger charge is 2.41. The summed E-state index contributed by atoms with van der Waals surface area (Å²) in [5.74, 6) is 0. The Bertz CT molecular complexity index is 237. The number of methoxy groups -OCH3 is 1. The van der Waals surface area contributed by atoms with Crippen molar-refractivity contribution in [2.75, 3.05) is 21.2 Å². The Balaban J connectivity index is 2.79. The Morgan fingerprint density at radius 3 is 2.24 bits per heavy atom. The molecule has 1 saturated heterocycles. The molecule has 1 aliphatic rings. The summed E-state index contributed by atoms with van der Waals surface area (Å²) in [6.07, 6.45) is 0.827. The third-order valence-electron chi connectivity index (χ3n) is 2.99. The van der Waals surface area contributed by atoms with E-state index < -0.39 is 0 Å². The van der Waals surface area contributed by atoms with E-state index in [1.807, 2.05) is 20.8 Å². The summed E-state index contributed by atoms with van der Waals surface area (Å²) < 4.78 is 17.4. The molecular weight excluding hydrogens is 218 g/mol. The molecule has 0 N–H and O–H groups in total. The molecule has 1 rings (SSSR count). The number of nitrogens with zero attached hydrogens (tertiary/aromatic N) is 1. The van der Waals surface area contributed by atoms with E-state index in [2.05, 4.69) is 25.9 Å². The Morgan fingerprint density at radius 2 is 1.82 bits per heavy atom. The van der Waals surface area contributed by atoms with Crippen LogP contribution in [0.25, 0.3) is 0 Å². The molecule has 4 nitrogen and oxygen atoms in total. The second-order valence-electron chi connectivity index (χ2n) is 6.01. The monoisotopic (exact) mass is 245 g/mol. The van der Waals surface area contributed by atoms with E-state index in [-0.39, 0.29) is 24.1 Å². The molecule has 0 spiro atoms. The topological polar surface area (TPSA) is 30.9 Å². The Morgan fingerprint density at radius 1 is 1.24 bits per heavy atom. The predicted octanol–water partition coefficient (Wildman–Crippen LogP) is 1.88. The predicted molar refractivity (Wildman–Crippen MR) is 68.1 cm³/mol. The van der Waals surface area contributed by atoms with Gasteiger partial charge in [0, 0.05) is 13.2 Å². The van der Waals surface area contributed by atoms with Gasteiger partial charge in [0.15, 0.2) is 6.29 Å². The molecule has 1 unspecified atom stereocenters. The van der Waals surface area contributed by atoms with Crippen molar-refractivity contribution in [1.82, 2.24) is 4.90 Å². The smallest absolute Gasteiger partial charge is 0.186 e. The quantitative estimate of drug-likeness (QED) is 0.759. The molecule has 0 aromatic heterocycles. The second kappa shape index (κ2) is 5.65. The first-order valence-electron chi connectivity index (χ1n) is 6.27. The van der Waals surface area contributed by atoms with Crippen LogP contribution in [0.15, 0.2) is 0 Å². The van der Waals surface area contributed by atoms with Crippen molar-refractivity contribution in [1.29, 1.82) is 0 Å². The lowest BCUT2D eigenvalue weighted by Crippen LogP contribution is -2.56. The summed E-state index contributed by atoms with van der Waals surface area (Å²) in [5.41, 5.74) is -0.227. The summed E-state index contributed by atoms with van der Waals surface area (Å²) in [6.45, 7) is 8.19. The van der Waals surface area contributed by atoms with E-state index in [1.165, 1.54) is 0 Å². The third kappa shape index (κ3) is 4.21. The Kier molecular flexibility index (Phi) is 4.95. The molecule has 0 bridgehead atoms. The summed E-state index contributed by atoms with van der Waals surface area (Å²) in [7, 11) is 5.87. The van der Waals surface area contributed by atoms with Crippen molar-refractivity contribution in [3.63, 3.8) is 0 Å². The maximum atomic E-state index is 5.96. The molecule has 102 valence electrons. The lowest BCUT2D eigenvalue weighted by molar-refractivity contribution is -0.286. The van der Waals surface area contributed by atoms with Gasteiger partial charge < -0.3 is 19.1 Å². The lowest BCUT2D eigenvalue weighted by atomic mass is 9.98. The van der Waals surface area contributed by atoms with Crippen LogP contribution in [0.5, 0.6) is 0 Å². The Hall–Kier alpha value is -0.160. The van der Waals surface area contributed by atoms with Gasteiger partial charge in [-0.2, -0.15) is 0 Å². The van der Waals surface area contributed by atoms with Crippen LogP contribution in [0.4, 0.5) is 0 Å². The molecule has 17 heavy (non-hydrogen) atoms. The van der Waals surface area contributed by atoms with E-state index in [1.54, 1.807) is 7.11 Å². The third-order valence-corrected chi connectivity index (χ3v) is 2.99. The molecule has 4 heteroatoms. The maximum absolute atomic E-state index is 5.96. The van der Waals surface area contributed by atoms with E-state index >= 15 is 0 Å². The molecule has 0 aliphatic carbocycles. The van der Waals surface area contributed by atoms with Crippen LogP contribution in [-0.4, -0.2) is 56.2 Å². The first-order valence-corrected chi connectivity index (χ1v) is 6.27. The molecule has 0 aromatic carbocycles. The van der Waals surface area contributed by atoms with Crippen LogP contribution in [-0.2, 0) is 14.2 Å². The molecule has 0 saturated carbocycles. The molecule has 1 heterocycles. The first-order chi connectivity index (χ1) is 7.74. The van der Waals surface area contributed by atoms with Crippen molar-refractivity contribution < 1.29 is 14.2 Å². The van der Waals surface area contributed by atoms with Crippen LogP contribution in [0.1, 0.15) is 34.1 Å². The summed E-state index contributed by atoms with van der Waals surface area (Å²) in [6, 6.07) is 0.330. The normalized spacial score (nSPS) is 35.3. The molecule has 0 amide bonds. The maximum Gasteiger partial charge on any atom is 0.186 e. The zero-order valence-corrected chi connectivity index (χ0v) is 12.2. The SMILES string of the molecule is CO[C@H]1C(OC(C)(C)C)O[C@H](C)C[C@@H]1N(C)C. The number of hydrogen-bond donors (Lipinski definition) is 0. The van der Waals surface area contributed by atoms with Gasteiger partial charge in [0.2, 0.25) is 0 Å². The summed E-state index contributed by atoms with van der Waals surface area (Å²) in [5, 5.41) is 0. The molecule has 4 atom stereocenters. The van der Waals surface area contributed by atoms with Crippen LogP contribution in [0.2, 0.25) is 0 Å². The summed E-state index contributed by atoms with van der Waals surface area (Å²) >= 11 is 0. The standard InChI is InChI=1S/C13H27NO3/c1-9-8-10(14(5)6)11(15-7)12(16-9)17-13(2,3)4/h9-12H,8H2,1-7H3/t9-,10+,11-,12?/m1/s1. The van der Waals surface area contributed by atoms with E-state index in [0.717, 1.165) is 6.42 Å². The molecule has 1 fully saturated rings. The van der Waals surface area contributed by atoms with E-state index in [4.69, 9.17) is 14.2 Å². The minimum atomic E-state index is -0.295. The van der Waals surface area contributed by atoms with Crippen LogP contribution < -0.4 is 0 Å². The van der Waals surface area contributed by atoms with Gasteiger partial charge in [-0.15, -0.1) is 0 Å². The highest BCUT2D eigenvalue weighted by atomic mass is 16.7. The number of rotatable bonds is 3.